The monoisotopic (exact) mass is 1350 g/mol. The van der Waals surface area contributed by atoms with Crippen LogP contribution in [0, 0.1) is 83.1 Å². The van der Waals surface area contributed by atoms with Gasteiger partial charge >= 0.3 is 0 Å². The fraction of sp³-hybridized carbons (Fsp3) is 0.276. The number of benzene rings is 8. The van der Waals surface area contributed by atoms with Crippen LogP contribution in [-0.4, -0.2) is 4.98 Å². The molecule has 17 rings (SSSR count). The third-order valence-electron chi connectivity index (χ3n) is 19.5. The minimum absolute atomic E-state index is 0.0682. The third-order valence-corrected chi connectivity index (χ3v) is 21.6. The second kappa shape index (κ2) is 23.5. The highest BCUT2D eigenvalue weighted by Crippen LogP contribution is 2.63. The highest BCUT2D eigenvalue weighted by Gasteiger charge is 2.40. The van der Waals surface area contributed by atoms with Gasteiger partial charge in [0.2, 0.25) is 17.7 Å². The summed E-state index contributed by atoms with van der Waals surface area (Å²) in [5.74, 6) is 7.18. The van der Waals surface area contributed by atoms with Crippen LogP contribution in [0.15, 0.2) is 153 Å². The van der Waals surface area contributed by atoms with Crippen molar-refractivity contribution in [3.63, 3.8) is 0 Å². The molecule has 8 aromatic carbocycles. The van der Waals surface area contributed by atoms with Crippen LogP contribution in [0.4, 0.5) is 50.4 Å². The standard InChI is InChI=1S/C31H30N2O2.C30H29NO2S.C26H27NO2S/c1-17-8-11-26-23(12-17)29-30(35-26)33(28-18(2)13-22(14-19(28)3)31(5,6)7)25-15-21-10-9-20(4)32-24(21)16-27(25)34-29;1-16-8-10-23-21(12-16)26-28(32-23)31(25-18(3)14-20(15-19(25)4)30(5,6)7)29-27(33-26)22-13-17(2)9-11-24(22)34-29;1-14-8-9-20-19(10-14)23-24(29-20)27(25-21(28-23)13-17(4)30-25)22-15(2)11-18(12-16(22)3)26(5,6)7/h8-16H,1-7H3;8-15H,1-7H3;8-13H,1-7H3. The molecule has 9 heterocycles. The van der Waals surface area contributed by atoms with Crippen LogP contribution >= 0.6 is 22.7 Å². The van der Waals surface area contributed by atoms with E-state index >= 15 is 0 Å². The largest absolute Gasteiger partial charge is 0.449 e. The van der Waals surface area contributed by atoms with Crippen molar-refractivity contribution in [2.45, 2.75) is 162 Å². The number of anilines is 9. The first-order valence-corrected chi connectivity index (χ1v) is 35.9. The van der Waals surface area contributed by atoms with Gasteiger partial charge in [0.05, 0.1) is 44.4 Å². The van der Waals surface area contributed by atoms with Gasteiger partial charge in [0.1, 0.15) is 26.8 Å². The fourth-order valence-electron chi connectivity index (χ4n) is 14.4. The Balaban J connectivity index is 0.000000121. The first kappa shape index (κ1) is 65.2. The lowest BCUT2D eigenvalue weighted by molar-refractivity contribution is 0.464. The molecule has 0 spiro atoms. The van der Waals surface area contributed by atoms with Crippen molar-refractivity contribution in [1.82, 2.24) is 4.98 Å². The Labute approximate surface area is 589 Å². The summed E-state index contributed by atoms with van der Waals surface area (Å²) in [5.41, 5.74) is 25.2. The normalized spacial score (nSPS) is 13.3. The van der Waals surface area contributed by atoms with Crippen LogP contribution in [0.2, 0.25) is 0 Å². The Kier molecular flexibility index (Phi) is 15.4. The summed E-state index contributed by atoms with van der Waals surface area (Å²) in [6.07, 6.45) is 0. The highest BCUT2D eigenvalue weighted by atomic mass is 32.1. The summed E-state index contributed by atoms with van der Waals surface area (Å²) in [4.78, 5) is 12.8. The molecule has 0 unspecified atom stereocenters. The predicted octanol–water partition coefficient (Wildman–Crippen LogP) is 27.4. The lowest BCUT2D eigenvalue weighted by Gasteiger charge is -2.33. The minimum Gasteiger partial charge on any atom is -0.449 e. The van der Waals surface area contributed by atoms with Gasteiger partial charge in [-0.1, -0.05) is 151 Å². The van der Waals surface area contributed by atoms with Gasteiger partial charge < -0.3 is 27.5 Å². The molecule has 3 aliphatic heterocycles. The van der Waals surface area contributed by atoms with E-state index < -0.39 is 0 Å². The summed E-state index contributed by atoms with van der Waals surface area (Å²) in [5, 5.41) is 7.38. The molecule has 0 bridgehead atoms. The summed E-state index contributed by atoms with van der Waals surface area (Å²) < 4.78 is 40.2. The van der Waals surface area contributed by atoms with E-state index in [9.17, 15) is 0 Å². The molecular weight excluding hydrogens is 1260 g/mol. The quantitative estimate of drug-likeness (QED) is 0.170. The molecule has 0 aliphatic carbocycles. The molecule has 12 heteroatoms. The molecule has 502 valence electrons. The van der Waals surface area contributed by atoms with Crippen molar-refractivity contribution in [3.8, 4) is 34.5 Å². The van der Waals surface area contributed by atoms with Crippen LogP contribution in [-0.2, 0) is 16.2 Å². The molecule has 10 nitrogen and oxygen atoms in total. The van der Waals surface area contributed by atoms with Crippen LogP contribution in [0.25, 0.3) is 53.9 Å². The van der Waals surface area contributed by atoms with Crippen LogP contribution in [0.5, 0.6) is 34.5 Å². The zero-order chi connectivity index (χ0) is 70.0. The number of aryl methyl sites for hydroxylation is 12. The maximum atomic E-state index is 6.68. The van der Waals surface area contributed by atoms with E-state index in [0.29, 0.717) is 5.88 Å². The second-order valence-electron chi connectivity index (χ2n) is 30.9. The number of rotatable bonds is 3. The molecule has 3 aliphatic rings. The number of hydrogen-bond acceptors (Lipinski definition) is 12. The second-order valence-corrected chi connectivity index (χ2v) is 33.1. The first-order valence-electron chi connectivity index (χ1n) is 34.3. The topological polar surface area (TPSA) is 89.7 Å². The van der Waals surface area contributed by atoms with Gasteiger partial charge in [-0.25, -0.2) is 0 Å². The maximum absolute atomic E-state index is 6.68. The van der Waals surface area contributed by atoms with Crippen LogP contribution in [0.3, 0.4) is 0 Å². The van der Waals surface area contributed by atoms with Crippen molar-refractivity contribution in [3.05, 3.63) is 222 Å². The minimum atomic E-state index is 0.0682. The average Bonchev–Trinajstić information content (AvgIpc) is 1.58. The Morgan fingerprint density at radius 3 is 1.19 bits per heavy atom. The smallest absolute Gasteiger partial charge is 0.250 e. The summed E-state index contributed by atoms with van der Waals surface area (Å²) in [6, 6.07) is 49.7. The van der Waals surface area contributed by atoms with Gasteiger partial charge in [-0.2, -0.15) is 0 Å². The Hall–Kier alpha value is -9.75. The number of thiophene rings is 2. The van der Waals surface area contributed by atoms with Crippen molar-refractivity contribution in [2.75, 3.05) is 14.7 Å². The summed E-state index contributed by atoms with van der Waals surface area (Å²) in [7, 11) is 0. The first-order chi connectivity index (χ1) is 46.8. The molecule has 0 N–H and O–H groups in total. The van der Waals surface area contributed by atoms with E-state index in [0.717, 1.165) is 128 Å². The third kappa shape index (κ3) is 11.3. The lowest BCUT2D eigenvalue weighted by atomic mass is 9.84. The maximum Gasteiger partial charge on any atom is 0.250 e. The predicted molar refractivity (Wildman–Crippen MR) is 414 cm³/mol. The van der Waals surface area contributed by atoms with E-state index in [4.69, 9.17) is 32.4 Å². The Bertz CT molecular complexity index is 5510. The number of hydrogen-bond donors (Lipinski definition) is 0. The van der Waals surface area contributed by atoms with Gasteiger partial charge in [-0.15, -0.1) is 22.7 Å². The average molecular weight is 1350 g/mol. The van der Waals surface area contributed by atoms with Crippen LogP contribution in [0.1, 0.15) is 145 Å². The van der Waals surface area contributed by atoms with Crippen molar-refractivity contribution >= 4 is 127 Å². The fourth-order valence-corrected chi connectivity index (χ4v) is 16.4. The number of furan rings is 3. The molecule has 0 fully saturated rings. The van der Waals surface area contributed by atoms with Gasteiger partial charge in [0.15, 0.2) is 34.5 Å². The molecule has 14 aromatic rings. The number of pyridine rings is 1. The van der Waals surface area contributed by atoms with E-state index in [-0.39, 0.29) is 16.2 Å². The summed E-state index contributed by atoms with van der Waals surface area (Å²) >= 11 is 3.49. The molecule has 0 amide bonds. The summed E-state index contributed by atoms with van der Waals surface area (Å²) in [6.45, 7) is 46.1. The molecule has 0 atom stereocenters. The van der Waals surface area contributed by atoms with Gasteiger partial charge in [0.25, 0.3) is 0 Å². The molecule has 0 saturated heterocycles. The Morgan fingerprint density at radius 2 is 0.737 bits per heavy atom. The van der Waals surface area contributed by atoms with Gasteiger partial charge in [0, 0.05) is 32.1 Å². The number of ether oxygens (including phenoxy) is 3. The zero-order valence-electron chi connectivity index (χ0n) is 60.8. The SMILES string of the molecule is Cc1ccc2oc3c(c2c1)Oc1c(sc2ccc(C)cc12)N3c1c(C)cc(C(C)(C)C)cc1C.Cc1ccc2oc3c(c2c1)Oc1cc(C)sc1N3c1c(C)cc(C(C)(C)C)cc1C.Cc1ccc2oc3c(c2c1)Oc1cc2nc(C)ccc2cc1N3c1c(C)cc(C(C)(C)C)cc1C. The molecule has 6 aromatic heterocycles. The molecule has 99 heavy (non-hydrogen) atoms. The van der Waals surface area contributed by atoms with Crippen LogP contribution < -0.4 is 28.9 Å². The van der Waals surface area contributed by atoms with E-state index in [1.807, 2.05) is 31.2 Å². The number of fused-ring (bicyclic) bond motifs is 15. The zero-order valence-corrected chi connectivity index (χ0v) is 62.5. The lowest BCUT2D eigenvalue weighted by Crippen LogP contribution is -2.18. The van der Waals surface area contributed by atoms with E-state index in [2.05, 4.69) is 268 Å². The van der Waals surface area contributed by atoms with Crippen molar-refractivity contribution < 1.29 is 27.5 Å². The number of nitrogens with zero attached hydrogens (tertiary/aromatic N) is 4. The van der Waals surface area contributed by atoms with E-state index in [1.165, 1.54) is 87.6 Å². The molecule has 0 saturated carbocycles. The molecule has 0 radical (unpaired) electrons. The van der Waals surface area contributed by atoms with Gasteiger partial charge in [-0.05, 0) is 216 Å². The van der Waals surface area contributed by atoms with Crippen molar-refractivity contribution in [2.24, 2.45) is 0 Å². The highest BCUT2D eigenvalue weighted by molar-refractivity contribution is 7.23. The Morgan fingerprint density at radius 1 is 0.343 bits per heavy atom. The molecular formula is C87H86N4O6S2. The van der Waals surface area contributed by atoms with E-state index in [1.54, 1.807) is 22.7 Å². The van der Waals surface area contributed by atoms with Gasteiger partial charge in [-0.3, -0.25) is 19.7 Å². The van der Waals surface area contributed by atoms with Crippen molar-refractivity contribution in [1.29, 1.82) is 0 Å². The number of aromatic nitrogens is 1.